The predicted molar refractivity (Wildman–Crippen MR) is 108 cm³/mol. The Balaban J connectivity index is 1.94. The lowest BCUT2D eigenvalue weighted by Crippen LogP contribution is -2.35. The van der Waals surface area contributed by atoms with Gasteiger partial charge in [-0.2, -0.15) is 5.10 Å². The number of benzene rings is 1. The zero-order valence-electron chi connectivity index (χ0n) is 17.8. The Morgan fingerprint density at radius 3 is 2.68 bits per heavy atom. The van der Waals surface area contributed by atoms with Crippen molar-refractivity contribution in [2.75, 3.05) is 7.11 Å². The van der Waals surface area contributed by atoms with Crippen LogP contribution < -0.4 is 10.9 Å². The number of hydrogen-bond acceptors (Lipinski definition) is 7. The van der Waals surface area contributed by atoms with Gasteiger partial charge in [-0.1, -0.05) is 6.07 Å². The topological polar surface area (TPSA) is 124 Å². The molecule has 3 rings (SSSR count). The number of nitrogens with zero attached hydrogens (tertiary/aromatic N) is 5. The van der Waals surface area contributed by atoms with Crippen LogP contribution in [0.25, 0.3) is 5.69 Å². The fourth-order valence-electron chi connectivity index (χ4n) is 3.06. The summed E-state index contributed by atoms with van der Waals surface area (Å²) in [5.74, 6) is -1.31. The van der Waals surface area contributed by atoms with Crippen LogP contribution in [-0.2, 0) is 23.9 Å². The van der Waals surface area contributed by atoms with Crippen LogP contribution in [0.5, 0.6) is 5.75 Å². The van der Waals surface area contributed by atoms with Gasteiger partial charge in [0.25, 0.3) is 11.5 Å². The second-order valence-corrected chi connectivity index (χ2v) is 7.39. The third kappa shape index (κ3) is 4.17. The van der Waals surface area contributed by atoms with Gasteiger partial charge < -0.3 is 15.2 Å². The first-order valence-corrected chi connectivity index (χ1v) is 9.36. The summed E-state index contributed by atoms with van der Waals surface area (Å²) in [7, 11) is 2.87. The smallest absolute Gasteiger partial charge is 0.296 e. The number of amides is 1. The predicted octanol–water partition coefficient (Wildman–Crippen LogP) is 1.33. The van der Waals surface area contributed by atoms with Crippen molar-refractivity contribution >= 4 is 5.91 Å². The van der Waals surface area contributed by atoms with E-state index in [1.165, 1.54) is 43.4 Å². The number of hydrogen-bond donors (Lipinski definition) is 2. The molecule has 2 N–H and O–H groups in total. The van der Waals surface area contributed by atoms with Crippen LogP contribution in [0.3, 0.4) is 0 Å². The number of aromatic nitrogens is 5. The van der Waals surface area contributed by atoms with Crippen molar-refractivity contribution in [3.05, 3.63) is 63.6 Å². The number of aromatic hydroxyl groups is 1. The molecule has 11 heteroatoms. The van der Waals surface area contributed by atoms with Gasteiger partial charge in [0.2, 0.25) is 5.75 Å². The molecule has 0 fully saturated rings. The van der Waals surface area contributed by atoms with Crippen molar-refractivity contribution < 1.29 is 19.0 Å². The van der Waals surface area contributed by atoms with Gasteiger partial charge >= 0.3 is 0 Å². The lowest BCUT2D eigenvalue weighted by Gasteiger charge is -2.25. The number of halogens is 1. The van der Waals surface area contributed by atoms with Crippen LogP contribution in [0.15, 0.2) is 29.3 Å². The normalized spacial score (nSPS) is 11.5. The molecule has 3 aromatic rings. The summed E-state index contributed by atoms with van der Waals surface area (Å²) in [5, 5.41) is 16.9. The van der Waals surface area contributed by atoms with Gasteiger partial charge in [0.15, 0.2) is 5.69 Å². The standard InChI is InChI=1S/C20H23FN6O4/c1-11-23-10-24-27(11)14-8-13(21)7-6-12(14)9-22-17(29)15-16(28)18(30)26(4)19(25-15)20(2,3)31-5/h6-8,10,28H,9H2,1-5H3,(H,22,29). The molecule has 31 heavy (non-hydrogen) atoms. The van der Waals surface area contributed by atoms with E-state index in [2.05, 4.69) is 20.4 Å². The number of rotatable bonds is 6. The average Bonchev–Trinajstić information content (AvgIpc) is 3.16. The van der Waals surface area contributed by atoms with Gasteiger partial charge in [-0.3, -0.25) is 14.2 Å². The highest BCUT2D eigenvalue weighted by Gasteiger charge is 2.29. The molecule has 0 aliphatic rings. The molecule has 0 unspecified atom stereocenters. The molecular formula is C20H23FN6O4. The molecule has 0 aliphatic heterocycles. The number of carbonyl (C=O) groups is 1. The molecule has 1 aromatic carbocycles. The Morgan fingerprint density at radius 2 is 2.06 bits per heavy atom. The third-order valence-corrected chi connectivity index (χ3v) is 4.96. The molecule has 0 atom stereocenters. The third-order valence-electron chi connectivity index (χ3n) is 4.96. The minimum atomic E-state index is -0.981. The number of ether oxygens (including phenoxy) is 1. The molecule has 1 amide bonds. The van der Waals surface area contributed by atoms with E-state index in [1.54, 1.807) is 20.8 Å². The van der Waals surface area contributed by atoms with Gasteiger partial charge in [-0.15, -0.1) is 0 Å². The number of methoxy groups -OCH3 is 1. The van der Waals surface area contributed by atoms with Gasteiger partial charge in [0.05, 0.1) is 5.69 Å². The summed E-state index contributed by atoms with van der Waals surface area (Å²) in [4.78, 5) is 33.4. The van der Waals surface area contributed by atoms with Crippen molar-refractivity contribution in [3.8, 4) is 11.4 Å². The fraction of sp³-hybridized carbons (Fsp3) is 0.350. The van der Waals surface area contributed by atoms with Crippen LogP contribution in [-0.4, -0.2) is 42.4 Å². The highest BCUT2D eigenvalue weighted by atomic mass is 19.1. The first-order valence-electron chi connectivity index (χ1n) is 9.36. The minimum absolute atomic E-state index is 0.0346. The largest absolute Gasteiger partial charge is 0.501 e. The van der Waals surface area contributed by atoms with E-state index >= 15 is 0 Å². The molecular weight excluding hydrogens is 407 g/mol. The zero-order valence-corrected chi connectivity index (χ0v) is 17.8. The summed E-state index contributed by atoms with van der Waals surface area (Å²) < 4.78 is 21.7. The molecule has 0 saturated heterocycles. The van der Waals surface area contributed by atoms with Crippen LogP contribution in [0.4, 0.5) is 4.39 Å². The Bertz CT molecular complexity index is 1200. The van der Waals surface area contributed by atoms with Gasteiger partial charge in [-0.05, 0) is 38.5 Å². The molecule has 0 spiro atoms. The molecule has 2 aromatic heterocycles. The Kier molecular flexibility index (Phi) is 5.89. The van der Waals surface area contributed by atoms with Crippen LogP contribution in [0.1, 0.15) is 41.5 Å². The second-order valence-electron chi connectivity index (χ2n) is 7.39. The van der Waals surface area contributed by atoms with Crippen molar-refractivity contribution in [2.45, 2.75) is 32.9 Å². The van der Waals surface area contributed by atoms with E-state index in [4.69, 9.17) is 4.74 Å². The van der Waals surface area contributed by atoms with Gasteiger partial charge in [-0.25, -0.2) is 19.0 Å². The minimum Gasteiger partial charge on any atom is -0.501 e. The van der Waals surface area contributed by atoms with Crippen molar-refractivity contribution in [1.29, 1.82) is 0 Å². The summed E-state index contributed by atoms with van der Waals surface area (Å²) in [5.41, 5.74) is -1.24. The van der Waals surface area contributed by atoms with Crippen LogP contribution in [0.2, 0.25) is 0 Å². The van der Waals surface area contributed by atoms with Gasteiger partial charge in [0.1, 0.15) is 29.4 Å². The molecule has 0 aliphatic carbocycles. The molecule has 0 radical (unpaired) electrons. The van der Waals surface area contributed by atoms with Crippen molar-refractivity contribution in [1.82, 2.24) is 29.6 Å². The zero-order chi connectivity index (χ0) is 22.9. The maximum absolute atomic E-state index is 13.8. The van der Waals surface area contributed by atoms with Crippen LogP contribution in [0, 0.1) is 12.7 Å². The summed E-state index contributed by atoms with van der Waals surface area (Å²) in [6.45, 7) is 5.03. The van der Waals surface area contributed by atoms with Crippen molar-refractivity contribution in [2.24, 2.45) is 7.05 Å². The average molecular weight is 430 g/mol. The van der Waals surface area contributed by atoms with Crippen molar-refractivity contribution in [3.63, 3.8) is 0 Å². The summed E-state index contributed by atoms with van der Waals surface area (Å²) in [6, 6.07) is 4.03. The van der Waals surface area contributed by atoms with E-state index in [9.17, 15) is 19.1 Å². The molecule has 164 valence electrons. The van der Waals surface area contributed by atoms with E-state index < -0.39 is 34.3 Å². The first-order chi connectivity index (χ1) is 14.6. The lowest BCUT2D eigenvalue weighted by atomic mass is 10.1. The number of nitrogens with one attached hydrogen (secondary N) is 1. The summed E-state index contributed by atoms with van der Waals surface area (Å²) >= 11 is 0. The lowest BCUT2D eigenvalue weighted by molar-refractivity contribution is 0.00768. The van der Waals surface area contributed by atoms with Gasteiger partial charge in [0, 0.05) is 20.7 Å². The maximum Gasteiger partial charge on any atom is 0.296 e. The van der Waals surface area contributed by atoms with E-state index in [0.29, 0.717) is 17.1 Å². The Labute approximate surface area is 177 Å². The summed E-state index contributed by atoms with van der Waals surface area (Å²) in [6.07, 6.45) is 1.34. The number of carbonyl (C=O) groups excluding carboxylic acids is 1. The SMILES string of the molecule is COC(C)(C)c1nc(C(=O)NCc2ccc(F)cc2-n2ncnc2C)c(O)c(=O)n1C. The second kappa shape index (κ2) is 8.26. The van der Waals surface area contributed by atoms with E-state index in [0.717, 1.165) is 4.57 Å². The molecule has 0 bridgehead atoms. The highest BCUT2D eigenvalue weighted by molar-refractivity contribution is 5.94. The molecule has 2 heterocycles. The monoisotopic (exact) mass is 430 g/mol. The van der Waals surface area contributed by atoms with E-state index in [-0.39, 0.29) is 12.4 Å². The Morgan fingerprint density at radius 1 is 1.35 bits per heavy atom. The van der Waals surface area contributed by atoms with E-state index in [1.807, 2.05) is 0 Å². The molecule has 10 nitrogen and oxygen atoms in total. The number of aryl methyl sites for hydroxylation is 1. The fourth-order valence-corrected chi connectivity index (χ4v) is 3.06. The highest BCUT2D eigenvalue weighted by Crippen LogP contribution is 2.23. The quantitative estimate of drug-likeness (QED) is 0.604. The molecule has 0 saturated carbocycles. The van der Waals surface area contributed by atoms with Crippen LogP contribution >= 0.6 is 0 Å². The maximum atomic E-state index is 13.8. The first kappa shape index (κ1) is 22.1. The Hall–Kier alpha value is -3.60.